The third-order valence-electron chi connectivity index (χ3n) is 0.763. The molecular weight excluding hydrogens is 133 g/mol. The van der Waals surface area contributed by atoms with E-state index >= 15 is 0 Å². The van der Waals surface area contributed by atoms with Gasteiger partial charge in [0.15, 0.2) is 0 Å². The first kappa shape index (κ1) is 7.25. The van der Waals surface area contributed by atoms with Crippen molar-refractivity contribution in [1.29, 1.82) is 0 Å². The molecule has 1 nitrogen and oxygen atoms in total. The molecule has 0 saturated carbocycles. The molecule has 0 aliphatic carbocycles. The molecule has 0 amide bonds. The van der Waals surface area contributed by atoms with Crippen LogP contribution in [0.25, 0.3) is 0 Å². The summed E-state index contributed by atoms with van der Waals surface area (Å²) in [6.07, 6.45) is 0. The Hall–Kier alpha value is 0.250. The van der Waals surface area contributed by atoms with Crippen LogP contribution in [0.15, 0.2) is 0 Å². The molecule has 0 atom stereocenters. The van der Waals surface area contributed by atoms with Gasteiger partial charge in [-0.05, 0) is 6.92 Å². The van der Waals surface area contributed by atoms with E-state index in [1.807, 2.05) is 14.0 Å². The minimum Gasteiger partial charge on any atom is -0.213 e. The van der Waals surface area contributed by atoms with Gasteiger partial charge in [0.25, 0.3) is 0 Å². The van der Waals surface area contributed by atoms with Gasteiger partial charge in [-0.25, -0.2) is 4.58 Å². The lowest BCUT2D eigenvalue weighted by atomic mass is 10.7. The third-order valence-corrected chi connectivity index (χ3v) is 1.34. The van der Waals surface area contributed by atoms with E-state index in [4.69, 9.17) is 23.2 Å². The first-order valence-corrected chi connectivity index (χ1v) is 2.83. The summed E-state index contributed by atoms with van der Waals surface area (Å²) in [7, 11) is 1.83. The first-order valence-electron chi connectivity index (χ1n) is 2.07. The number of rotatable bonds is 1. The van der Waals surface area contributed by atoms with Gasteiger partial charge < -0.3 is 0 Å². The normalized spacial score (nSPS) is 8.57. The molecule has 0 heterocycles. The Morgan fingerprint density at radius 1 is 1.57 bits per heavy atom. The van der Waals surface area contributed by atoms with Crippen molar-refractivity contribution in [2.75, 3.05) is 13.6 Å². The lowest BCUT2D eigenvalue weighted by Crippen LogP contribution is -2.06. The summed E-state index contributed by atoms with van der Waals surface area (Å²) in [6, 6.07) is 0. The molecule has 0 unspecified atom stereocenters. The molecule has 0 fully saturated rings. The summed E-state index contributed by atoms with van der Waals surface area (Å²) in [5.74, 6) is 0. The second-order valence-corrected chi connectivity index (χ2v) is 2.16. The molecule has 0 aliphatic rings. The Labute approximate surface area is 53.5 Å². The molecule has 0 N–H and O–H groups in total. The van der Waals surface area contributed by atoms with Gasteiger partial charge in [0.05, 0.1) is 0 Å². The molecule has 3 heteroatoms. The van der Waals surface area contributed by atoms with Crippen LogP contribution in [0.1, 0.15) is 6.92 Å². The van der Waals surface area contributed by atoms with Crippen LogP contribution < -0.4 is 0 Å². The van der Waals surface area contributed by atoms with Crippen LogP contribution >= 0.6 is 23.2 Å². The second kappa shape index (κ2) is 3.28. The quantitative estimate of drug-likeness (QED) is 0.384. The highest BCUT2D eigenvalue weighted by Gasteiger charge is 1.96. The van der Waals surface area contributed by atoms with E-state index in [-0.39, 0.29) is 0 Å². The molecule has 42 valence electrons. The van der Waals surface area contributed by atoms with Crippen molar-refractivity contribution in [3.8, 4) is 0 Å². The van der Waals surface area contributed by atoms with Crippen LogP contribution in [0.3, 0.4) is 0 Å². The first-order chi connectivity index (χ1) is 3.18. The minimum atomic E-state index is 0.322. The average Bonchev–Trinajstić information content (AvgIpc) is 1.65. The fourth-order valence-electron chi connectivity index (χ4n) is 0.120. The highest BCUT2D eigenvalue weighted by Crippen LogP contribution is 1.88. The van der Waals surface area contributed by atoms with Gasteiger partial charge in [-0.15, -0.1) is 0 Å². The third kappa shape index (κ3) is 2.89. The number of hydrogen-bond acceptors (Lipinski definition) is 0. The average molecular weight is 141 g/mol. The minimum absolute atomic E-state index is 0.322. The van der Waals surface area contributed by atoms with Gasteiger partial charge in [0.2, 0.25) is 0 Å². The Morgan fingerprint density at radius 3 is 2.00 bits per heavy atom. The molecule has 0 aliphatic heterocycles. The number of halogens is 2. The second-order valence-electron chi connectivity index (χ2n) is 1.25. The SMILES string of the molecule is CC[N+](C)=C(Cl)Cl. The maximum Gasteiger partial charge on any atom is 0.341 e. The number of nitrogens with zero attached hydrogens (tertiary/aromatic N) is 1. The van der Waals surface area contributed by atoms with Crippen LogP contribution in [-0.2, 0) is 0 Å². The Balaban J connectivity index is 3.72. The summed E-state index contributed by atoms with van der Waals surface area (Å²) < 4.78 is 2.06. The zero-order valence-electron chi connectivity index (χ0n) is 4.41. The Kier molecular flexibility index (Phi) is 3.39. The fourth-order valence-corrected chi connectivity index (χ4v) is 0.359. The van der Waals surface area contributed by atoms with E-state index in [1.54, 1.807) is 4.58 Å². The van der Waals surface area contributed by atoms with Gasteiger partial charge >= 0.3 is 4.63 Å². The molecule has 0 rings (SSSR count). The van der Waals surface area contributed by atoms with Gasteiger partial charge in [-0.3, -0.25) is 0 Å². The van der Waals surface area contributed by atoms with Crippen LogP contribution in [0.4, 0.5) is 0 Å². The highest BCUT2D eigenvalue weighted by atomic mass is 35.5. The molecule has 0 bridgehead atoms. The van der Waals surface area contributed by atoms with Crippen molar-refractivity contribution in [1.82, 2.24) is 0 Å². The molecule has 0 spiro atoms. The molecule has 0 saturated heterocycles. The predicted octanol–water partition coefficient (Wildman–Crippen LogP) is 1.48. The van der Waals surface area contributed by atoms with Crippen LogP contribution in [-0.4, -0.2) is 22.8 Å². The smallest absolute Gasteiger partial charge is 0.213 e. The predicted molar refractivity (Wildman–Crippen MR) is 33.4 cm³/mol. The van der Waals surface area contributed by atoms with Gasteiger partial charge in [0.1, 0.15) is 13.6 Å². The lowest BCUT2D eigenvalue weighted by molar-refractivity contribution is -0.488. The lowest BCUT2D eigenvalue weighted by Gasteiger charge is -1.85. The Bertz CT molecular complexity index is 83.7. The largest absolute Gasteiger partial charge is 0.341 e. The van der Waals surface area contributed by atoms with Crippen LogP contribution in [0.5, 0.6) is 0 Å². The summed E-state index contributed by atoms with van der Waals surface area (Å²) in [4.78, 5) is 0. The highest BCUT2D eigenvalue weighted by molar-refractivity contribution is 6.94. The fraction of sp³-hybridized carbons (Fsp3) is 0.750. The molecular formula is C4H8Cl2N+. The van der Waals surface area contributed by atoms with Gasteiger partial charge in [-0.2, -0.15) is 0 Å². The summed E-state index contributed by atoms with van der Waals surface area (Å²) in [5.41, 5.74) is 0. The van der Waals surface area contributed by atoms with E-state index in [0.717, 1.165) is 6.54 Å². The molecule has 0 radical (unpaired) electrons. The van der Waals surface area contributed by atoms with Crippen LogP contribution in [0, 0.1) is 0 Å². The van der Waals surface area contributed by atoms with Crippen molar-refractivity contribution >= 4 is 27.8 Å². The summed E-state index contributed by atoms with van der Waals surface area (Å²) >= 11 is 10.7. The summed E-state index contributed by atoms with van der Waals surface area (Å²) in [5, 5.41) is 0. The van der Waals surface area contributed by atoms with Crippen molar-refractivity contribution < 1.29 is 4.58 Å². The monoisotopic (exact) mass is 140 g/mol. The Morgan fingerprint density at radius 2 is 2.00 bits per heavy atom. The maximum absolute atomic E-state index is 5.34. The van der Waals surface area contributed by atoms with E-state index in [1.165, 1.54) is 0 Å². The van der Waals surface area contributed by atoms with E-state index in [0.29, 0.717) is 4.63 Å². The topological polar surface area (TPSA) is 3.01 Å². The molecule has 7 heavy (non-hydrogen) atoms. The zero-order valence-corrected chi connectivity index (χ0v) is 5.92. The van der Waals surface area contributed by atoms with Crippen molar-refractivity contribution in [3.05, 3.63) is 0 Å². The van der Waals surface area contributed by atoms with Gasteiger partial charge in [0, 0.05) is 23.2 Å². The van der Waals surface area contributed by atoms with Crippen LogP contribution in [0.2, 0.25) is 0 Å². The number of hydrogen-bond donors (Lipinski definition) is 0. The molecule has 0 aromatic rings. The van der Waals surface area contributed by atoms with Crippen molar-refractivity contribution in [2.45, 2.75) is 6.92 Å². The van der Waals surface area contributed by atoms with Crippen molar-refractivity contribution in [3.63, 3.8) is 0 Å². The van der Waals surface area contributed by atoms with E-state index in [9.17, 15) is 0 Å². The van der Waals surface area contributed by atoms with E-state index < -0.39 is 0 Å². The molecule has 0 aromatic carbocycles. The van der Waals surface area contributed by atoms with Crippen molar-refractivity contribution in [2.24, 2.45) is 0 Å². The standard InChI is InChI=1S/C4H8Cl2N/c1-3-7(2)4(5)6/h3H2,1-2H3/q+1. The van der Waals surface area contributed by atoms with E-state index in [2.05, 4.69) is 0 Å². The maximum atomic E-state index is 5.34. The van der Waals surface area contributed by atoms with Gasteiger partial charge in [-0.1, -0.05) is 0 Å². The molecule has 0 aromatic heterocycles. The zero-order chi connectivity index (χ0) is 5.86. The summed E-state index contributed by atoms with van der Waals surface area (Å²) in [6.45, 7) is 2.83.